The number of methoxy groups -OCH3 is 1. The van der Waals surface area contributed by atoms with E-state index in [-0.39, 0.29) is 34.6 Å². The first kappa shape index (κ1) is 33.1. The molecule has 1 aromatic heterocycles. The van der Waals surface area contributed by atoms with Gasteiger partial charge >= 0.3 is 11.9 Å². The minimum absolute atomic E-state index is 0.0635. The summed E-state index contributed by atoms with van der Waals surface area (Å²) in [6.07, 6.45) is 3.32. The Balaban J connectivity index is 1.55. The quantitative estimate of drug-likeness (QED) is 0.164. The fraction of sp³-hybridized carbons (Fsp3) is 0.235. The molecule has 0 unspecified atom stereocenters. The predicted octanol–water partition coefficient (Wildman–Crippen LogP) is 5.85. The van der Waals surface area contributed by atoms with E-state index >= 15 is 0 Å². The largest absolute Gasteiger partial charge is 0.493 e. The monoisotopic (exact) mass is 678 g/mol. The third-order valence-corrected chi connectivity index (χ3v) is 9.13. The van der Waals surface area contributed by atoms with Gasteiger partial charge in [0, 0.05) is 4.90 Å². The topological polar surface area (TPSA) is 116 Å². The molecule has 0 amide bonds. The minimum Gasteiger partial charge on any atom is -0.493 e. The van der Waals surface area contributed by atoms with Gasteiger partial charge in [-0.3, -0.25) is 9.36 Å². The zero-order valence-electron chi connectivity index (χ0n) is 25.7. The molecule has 1 N–H and O–H groups in total. The van der Waals surface area contributed by atoms with Gasteiger partial charge in [-0.2, -0.15) is 0 Å². The number of carbonyl (C=O) groups excluding carboxylic acids is 1. The number of fused-ring (bicyclic) bond motifs is 1. The fourth-order valence-corrected chi connectivity index (χ4v) is 6.75. The van der Waals surface area contributed by atoms with Crippen molar-refractivity contribution in [1.82, 2.24) is 4.57 Å². The standard InChI is InChI=1S/C34H31ClN2O7S2/c1-18(2)44-33(41)28-19(3)36-34-37(29(28)22-9-11-24(45-5)12-10-22)31(38)27(46-34)16-21-14-25(35)30(26(15-21)42-4)43-17-20-7-6-8-23(13-20)32(39)40/h6-16,18,29H,17H2,1-5H3,(H,39,40)/b27-16+/t29-/m1/s1. The first-order chi connectivity index (χ1) is 22.0. The maximum absolute atomic E-state index is 14.0. The first-order valence-corrected chi connectivity index (χ1v) is 16.6. The van der Waals surface area contributed by atoms with Crippen molar-refractivity contribution in [2.45, 2.75) is 44.4 Å². The summed E-state index contributed by atoms with van der Waals surface area (Å²) in [5.41, 5.74) is 2.61. The summed E-state index contributed by atoms with van der Waals surface area (Å²) in [5, 5.41) is 9.53. The van der Waals surface area contributed by atoms with Crippen LogP contribution in [-0.4, -0.2) is 41.1 Å². The third kappa shape index (κ3) is 6.91. The van der Waals surface area contributed by atoms with Gasteiger partial charge in [0.1, 0.15) is 6.61 Å². The van der Waals surface area contributed by atoms with Gasteiger partial charge in [0.2, 0.25) is 0 Å². The van der Waals surface area contributed by atoms with Crippen LogP contribution in [0.15, 0.2) is 86.6 Å². The molecule has 0 bridgehead atoms. The van der Waals surface area contributed by atoms with E-state index in [1.165, 1.54) is 35.1 Å². The lowest BCUT2D eigenvalue weighted by Crippen LogP contribution is -2.40. The second-order valence-corrected chi connectivity index (χ2v) is 12.9. The van der Waals surface area contributed by atoms with Crippen LogP contribution in [0, 0.1) is 0 Å². The van der Waals surface area contributed by atoms with Crippen LogP contribution in [0.1, 0.15) is 53.9 Å². The van der Waals surface area contributed by atoms with Gasteiger partial charge < -0.3 is 19.3 Å². The number of aromatic carboxylic acids is 1. The highest BCUT2D eigenvalue weighted by molar-refractivity contribution is 7.98. The number of thioether (sulfide) groups is 1. The Kier molecular flexibility index (Phi) is 10.0. The first-order valence-electron chi connectivity index (χ1n) is 14.2. The third-order valence-electron chi connectivity index (χ3n) is 7.12. The highest BCUT2D eigenvalue weighted by atomic mass is 35.5. The summed E-state index contributed by atoms with van der Waals surface area (Å²) in [6, 6.07) is 16.8. The van der Waals surface area contributed by atoms with Crippen LogP contribution in [0.5, 0.6) is 11.5 Å². The number of rotatable bonds is 10. The number of carboxylic acids is 1. The van der Waals surface area contributed by atoms with Gasteiger partial charge in [-0.05, 0) is 86.2 Å². The molecule has 0 aliphatic carbocycles. The summed E-state index contributed by atoms with van der Waals surface area (Å²) < 4.78 is 19.0. The van der Waals surface area contributed by atoms with Crippen LogP contribution in [0.3, 0.4) is 0 Å². The summed E-state index contributed by atoms with van der Waals surface area (Å²) >= 11 is 9.43. The van der Waals surface area contributed by atoms with Gasteiger partial charge in [-0.25, -0.2) is 14.6 Å². The van der Waals surface area contributed by atoms with E-state index in [9.17, 15) is 19.5 Å². The molecule has 3 aromatic carbocycles. The molecule has 1 aliphatic rings. The number of esters is 1. The van der Waals surface area contributed by atoms with Crippen molar-refractivity contribution >= 4 is 52.7 Å². The molecule has 0 fully saturated rings. The number of halogens is 1. The Bertz CT molecular complexity index is 2030. The van der Waals surface area contributed by atoms with E-state index in [1.54, 1.807) is 62.9 Å². The molecule has 0 saturated heterocycles. The smallest absolute Gasteiger partial charge is 0.338 e. The van der Waals surface area contributed by atoms with Crippen LogP contribution >= 0.6 is 34.7 Å². The van der Waals surface area contributed by atoms with Crippen molar-refractivity contribution < 1.29 is 28.9 Å². The number of hydrogen-bond acceptors (Lipinski definition) is 9. The number of carbonyl (C=O) groups is 2. The summed E-state index contributed by atoms with van der Waals surface area (Å²) in [5.74, 6) is -0.941. The Hall–Kier alpha value is -4.32. The molecule has 0 spiro atoms. The van der Waals surface area contributed by atoms with Gasteiger partial charge in [0.25, 0.3) is 5.56 Å². The molecule has 1 aliphatic heterocycles. The molecule has 9 nitrogen and oxygen atoms in total. The average molecular weight is 679 g/mol. The molecule has 12 heteroatoms. The second-order valence-electron chi connectivity index (χ2n) is 10.6. The number of allylic oxidation sites excluding steroid dienone is 1. The second kappa shape index (κ2) is 14.0. The Morgan fingerprint density at radius 3 is 2.54 bits per heavy atom. The van der Waals surface area contributed by atoms with Crippen LogP contribution in [0.4, 0.5) is 0 Å². The maximum Gasteiger partial charge on any atom is 0.338 e. The Morgan fingerprint density at radius 2 is 1.89 bits per heavy atom. The fourth-order valence-electron chi connectivity index (χ4n) is 5.03. The lowest BCUT2D eigenvalue weighted by molar-refractivity contribution is -0.143. The number of thiazole rings is 1. The molecule has 4 aromatic rings. The van der Waals surface area contributed by atoms with Crippen molar-refractivity contribution in [1.29, 1.82) is 0 Å². The zero-order valence-corrected chi connectivity index (χ0v) is 28.1. The highest BCUT2D eigenvalue weighted by Crippen LogP contribution is 2.37. The summed E-state index contributed by atoms with van der Waals surface area (Å²) in [7, 11) is 1.48. The number of aromatic nitrogens is 1. The molecule has 0 radical (unpaired) electrons. The normalized spacial score (nSPS) is 14.6. The predicted molar refractivity (Wildman–Crippen MR) is 179 cm³/mol. The molecular formula is C34H31ClN2O7S2. The van der Waals surface area contributed by atoms with Crippen LogP contribution < -0.4 is 24.4 Å². The minimum atomic E-state index is -1.03. The van der Waals surface area contributed by atoms with Crippen molar-refractivity contribution in [3.63, 3.8) is 0 Å². The van der Waals surface area contributed by atoms with Gasteiger partial charge in [-0.15, -0.1) is 11.8 Å². The van der Waals surface area contributed by atoms with Gasteiger partial charge in [0.15, 0.2) is 16.3 Å². The van der Waals surface area contributed by atoms with Crippen LogP contribution in [0.2, 0.25) is 5.02 Å². The number of nitrogens with zero attached hydrogens (tertiary/aromatic N) is 2. The Labute approximate surface area is 278 Å². The van der Waals surface area contributed by atoms with Crippen molar-refractivity contribution in [2.24, 2.45) is 4.99 Å². The van der Waals surface area contributed by atoms with E-state index in [0.29, 0.717) is 37.5 Å². The number of benzene rings is 3. The zero-order chi connectivity index (χ0) is 33.1. The summed E-state index contributed by atoms with van der Waals surface area (Å²) in [6.45, 7) is 5.36. The van der Waals surface area contributed by atoms with Crippen LogP contribution in [0.25, 0.3) is 6.08 Å². The molecule has 0 saturated carbocycles. The number of ether oxygens (including phenoxy) is 3. The van der Waals surface area contributed by atoms with Crippen molar-refractivity contribution in [3.05, 3.63) is 119 Å². The lowest BCUT2D eigenvalue weighted by Gasteiger charge is -2.25. The molecule has 46 heavy (non-hydrogen) atoms. The molecular weight excluding hydrogens is 648 g/mol. The average Bonchev–Trinajstić information content (AvgIpc) is 3.32. The molecule has 1 atom stereocenters. The van der Waals surface area contributed by atoms with E-state index in [0.717, 1.165) is 10.5 Å². The maximum atomic E-state index is 14.0. The Morgan fingerprint density at radius 1 is 1.15 bits per heavy atom. The molecule has 2 heterocycles. The van der Waals surface area contributed by atoms with E-state index in [4.69, 9.17) is 25.8 Å². The van der Waals surface area contributed by atoms with E-state index in [2.05, 4.69) is 4.99 Å². The molecule has 238 valence electrons. The van der Waals surface area contributed by atoms with Gasteiger partial charge in [-0.1, -0.05) is 47.2 Å². The lowest BCUT2D eigenvalue weighted by atomic mass is 9.96. The van der Waals surface area contributed by atoms with Crippen molar-refractivity contribution in [2.75, 3.05) is 13.4 Å². The van der Waals surface area contributed by atoms with E-state index < -0.39 is 18.0 Å². The van der Waals surface area contributed by atoms with Crippen molar-refractivity contribution in [3.8, 4) is 11.5 Å². The SMILES string of the molecule is COc1cc(/C=c2/sc3n(c2=O)[C@H](c2ccc(SC)cc2)C(C(=O)OC(C)C)=C(C)N=3)cc(Cl)c1OCc1cccc(C(=O)O)c1. The summed E-state index contributed by atoms with van der Waals surface area (Å²) in [4.78, 5) is 44.9. The number of carboxylic acid groups (broad SMARTS) is 1. The number of hydrogen-bond donors (Lipinski definition) is 1. The highest BCUT2D eigenvalue weighted by Gasteiger charge is 2.33. The van der Waals surface area contributed by atoms with Crippen LogP contribution in [-0.2, 0) is 16.1 Å². The van der Waals surface area contributed by atoms with E-state index in [1.807, 2.05) is 30.5 Å². The molecule has 5 rings (SSSR count). The van der Waals surface area contributed by atoms with Gasteiger partial charge in [0.05, 0.1) is 45.6 Å².